The van der Waals surface area contributed by atoms with E-state index in [4.69, 9.17) is 15.0 Å². The van der Waals surface area contributed by atoms with Gasteiger partial charge in [0.2, 0.25) is 82.7 Å². The number of carbonyl (C=O) groups excluding carboxylic acids is 14. The number of thioether (sulfide) groups is 1. The first kappa shape index (κ1) is 84.7. The summed E-state index contributed by atoms with van der Waals surface area (Å²) < 4.78 is 8.22. The number of thiol groups is 1. The van der Waals surface area contributed by atoms with Crippen molar-refractivity contribution in [3.8, 4) is 0 Å². The number of imidazole rings is 1. The van der Waals surface area contributed by atoms with E-state index < -0.39 is 163 Å². The molecule has 0 saturated heterocycles. The van der Waals surface area contributed by atoms with Crippen molar-refractivity contribution < 1.29 is 94.6 Å². The summed E-state index contributed by atoms with van der Waals surface area (Å²) in [5, 5.41) is 40.9. The van der Waals surface area contributed by atoms with E-state index in [1.165, 1.54) is 31.2 Å². The number of aliphatic hydroxyl groups is 1. The number of nitrogens with zero attached hydrogens (tertiary/aromatic N) is 2. The van der Waals surface area contributed by atoms with Gasteiger partial charge in [-0.3, -0.25) is 67.1 Å². The molecule has 539 valence electrons. The number of likely N-dealkylation sites (N-methyl/N-ethyl adjacent to an activating group) is 1. The number of aromatic nitrogens is 3. The molecule has 0 radical (unpaired) electrons. The summed E-state index contributed by atoms with van der Waals surface area (Å²) in [6.07, 6.45) is 6.08. The van der Waals surface area contributed by atoms with E-state index in [-0.39, 0.29) is 82.5 Å². The Bertz CT molecular complexity index is 3120. The Morgan fingerprint density at radius 2 is 1.19 bits per heavy atom. The number of fused-ring (bicyclic) bond motifs is 1. The molecule has 14 amide bonds. The quantitative estimate of drug-likeness (QED) is 0.0186. The van der Waals surface area contributed by atoms with Crippen molar-refractivity contribution in [3.63, 3.8) is 0 Å². The number of unbranched alkanes of at least 4 members (excludes halogenated alkanes) is 1. The van der Waals surface area contributed by atoms with Crippen LogP contribution in [-0.2, 0) is 102 Å². The van der Waals surface area contributed by atoms with Crippen LogP contribution >= 0.6 is 24.4 Å². The number of aromatic amines is 2. The van der Waals surface area contributed by atoms with Crippen molar-refractivity contribution in [1.29, 1.82) is 0 Å². The number of primary amides is 2. The molecule has 0 aliphatic rings. The zero-order valence-corrected chi connectivity index (χ0v) is 59.1. The van der Waals surface area contributed by atoms with Gasteiger partial charge in [-0.15, -0.1) is 0 Å². The number of amides is 14. The molecular formula is C60H94N18O16S2Tc. The van der Waals surface area contributed by atoms with Gasteiger partial charge in [0, 0.05) is 67.0 Å². The van der Waals surface area contributed by atoms with E-state index in [2.05, 4.69) is 91.4 Å². The van der Waals surface area contributed by atoms with Crippen LogP contribution in [0.5, 0.6) is 0 Å². The average molecular weight is 1490 g/mol. The molecule has 0 bridgehead atoms. The molecule has 0 aliphatic carbocycles. The predicted octanol–water partition coefficient (Wildman–Crippen LogP) is -4.85. The van der Waals surface area contributed by atoms with Crippen LogP contribution in [-0.4, -0.2) is 227 Å². The van der Waals surface area contributed by atoms with E-state index in [1.807, 2.05) is 20.1 Å². The molecule has 19 N–H and O–H groups in total. The summed E-state index contributed by atoms with van der Waals surface area (Å²) in [7, 11) is 3.27. The second-order valence-electron chi connectivity index (χ2n) is 23.6. The first-order valence-corrected chi connectivity index (χ1v) is 33.9. The predicted molar refractivity (Wildman–Crippen MR) is 355 cm³/mol. The van der Waals surface area contributed by atoms with Gasteiger partial charge in [-0.25, -0.2) is 4.98 Å². The number of nitrogens with two attached hydrogens (primary N) is 2. The molecule has 37 heteroatoms. The molecule has 2 unspecified atom stereocenters. The van der Waals surface area contributed by atoms with Gasteiger partial charge in [0.25, 0.3) is 0 Å². The summed E-state index contributed by atoms with van der Waals surface area (Å²) in [6.45, 7) is 6.31. The van der Waals surface area contributed by atoms with Crippen LogP contribution in [0.2, 0.25) is 0 Å². The fraction of sp³-hybridized carbons (Fsp3) is 0.583. The third-order valence-corrected chi connectivity index (χ3v) is 15.4. The number of benzene rings is 1. The molecule has 97 heavy (non-hydrogen) atoms. The SMILES string of the molecule is CSCC[C@H](NC(=O)[C@H](CC(C)C)NC(=O)[C@H](Cc1cnc[nH]1)NC(=O)CNC(=O)[C@@H](NC(=O)[C@H](C)NC(=O)[C@H](Cc1c[nH]c2ccccc12)NC(=O)[C@H](CCC(N)=O)NC(=O)CCCCNC(=O)CNC(=O)C(CS)NC(=O)C(CO)NC(=O)CN(C)C)C(C)C)C(N)=O.[O]=[Tc]. The molecule has 3 aromatic rings. The number of rotatable bonds is 44. The van der Waals surface area contributed by atoms with Crippen LogP contribution < -0.4 is 75.3 Å². The van der Waals surface area contributed by atoms with Gasteiger partial charge in [0.1, 0.15) is 54.4 Å². The number of aliphatic hydroxyl groups excluding tert-OH is 1. The average Bonchev–Trinajstić information content (AvgIpc) is 1.72. The van der Waals surface area contributed by atoms with Crippen molar-refractivity contribution in [2.24, 2.45) is 23.3 Å². The van der Waals surface area contributed by atoms with Crippen molar-refractivity contribution in [1.82, 2.24) is 83.7 Å². The molecule has 9 atom stereocenters. The fourth-order valence-corrected chi connectivity index (χ4v) is 10.0. The molecule has 2 heterocycles. The third kappa shape index (κ3) is 32.0. The molecule has 0 aliphatic heterocycles. The van der Waals surface area contributed by atoms with Gasteiger partial charge in [-0.2, -0.15) is 24.4 Å². The van der Waals surface area contributed by atoms with Gasteiger partial charge in [-0.1, -0.05) is 45.9 Å². The molecule has 0 fully saturated rings. The van der Waals surface area contributed by atoms with E-state index in [9.17, 15) is 72.2 Å². The molecule has 0 spiro atoms. The summed E-state index contributed by atoms with van der Waals surface area (Å²) in [5.74, 6) is -10.9. The molecule has 0 saturated carbocycles. The summed E-state index contributed by atoms with van der Waals surface area (Å²) in [4.78, 5) is 196. The fourth-order valence-electron chi connectivity index (χ4n) is 9.31. The molecule has 34 nitrogen and oxygen atoms in total. The van der Waals surface area contributed by atoms with E-state index in [0.717, 1.165) is 18.9 Å². The maximum atomic E-state index is 14.3. The van der Waals surface area contributed by atoms with E-state index >= 15 is 0 Å². The van der Waals surface area contributed by atoms with E-state index in [0.29, 0.717) is 27.9 Å². The standard InChI is InChI=1S/C60H94N18O15S2.O.Tc/c1-32(2)21-41(57(90)73-39(52(62)85)18-20-95-8)74-58(91)43(23-36-25-63-31-68-36)71-49(83)27-67-60(93)51(33(3)4)77-53(86)34(5)69-56(89)42(22-35-24-65-38-14-10-9-13-37(35)38)75-55(88)40(16-17-46(61)80)70-47(81)15-11-12-19-64-48(82)26-66-54(87)45(30-94)76-59(92)44(29-79)72-50(84)28-78(6)7;;/h9-10,13-14,24-25,31-34,39-45,51,65,79,94H,11-12,15-23,26-30H2,1-8H3,(H2,61,80)(H2,62,85)(H,63,68)(H,64,82)(H,66,87)(H,67,93)(H,69,89)(H,70,81)(H,71,83)(H,72,84)(H,73,90)(H,74,91)(H,75,88)(H,76,92)(H,77,86);;/t34-,39-,40-,41-,42-,43-,44?,45?,51-;;/m0../s1. The zero-order chi connectivity index (χ0) is 72.9. The van der Waals surface area contributed by atoms with Crippen LogP contribution in [0.1, 0.15) is 90.8 Å². The Morgan fingerprint density at radius 3 is 1.79 bits per heavy atom. The second kappa shape index (κ2) is 45.2. The van der Waals surface area contributed by atoms with Gasteiger partial charge in [0.05, 0.1) is 32.6 Å². The topological polar surface area (TPSA) is 520 Å². The van der Waals surface area contributed by atoms with Crippen molar-refractivity contribution in [2.75, 3.05) is 64.6 Å². The number of hydrogen-bond donors (Lipinski definition) is 18. The second-order valence-corrected chi connectivity index (χ2v) is 24.9. The van der Waals surface area contributed by atoms with Crippen molar-refractivity contribution in [3.05, 3.63) is 54.2 Å². The Morgan fingerprint density at radius 1 is 0.608 bits per heavy atom. The Hall–Kier alpha value is -8.38. The first-order chi connectivity index (χ1) is 46.0. The number of H-pyrrole nitrogens is 2. The van der Waals surface area contributed by atoms with Crippen LogP contribution in [0.4, 0.5) is 0 Å². The minimum atomic E-state index is -1.42. The van der Waals surface area contributed by atoms with Gasteiger partial charge in [-0.05, 0) is 88.6 Å². The molecular weight excluding hydrogens is 1390 g/mol. The van der Waals surface area contributed by atoms with E-state index in [1.54, 1.807) is 63.3 Å². The van der Waals surface area contributed by atoms with Crippen LogP contribution in [0.25, 0.3) is 10.9 Å². The first-order valence-electron chi connectivity index (χ1n) is 31.1. The Kier molecular flexibility index (Phi) is 39.5. The van der Waals surface area contributed by atoms with Crippen LogP contribution in [0, 0.1) is 11.8 Å². The number of carbonyl (C=O) groups is 14. The normalized spacial score (nSPS) is 13.8. The number of nitrogens with one attached hydrogen (secondary N) is 14. The molecule has 1 aromatic carbocycles. The third-order valence-electron chi connectivity index (χ3n) is 14.4. The maximum absolute atomic E-state index is 14.3. The van der Waals surface area contributed by atoms with Gasteiger partial charge in [0.15, 0.2) is 0 Å². The van der Waals surface area contributed by atoms with Crippen LogP contribution in [0.15, 0.2) is 43.0 Å². The summed E-state index contributed by atoms with van der Waals surface area (Å²) in [6, 6.07) is -4.33. The molecule has 2 aromatic heterocycles. The minimum absolute atomic E-state index is 0.0569. The van der Waals surface area contributed by atoms with Gasteiger partial charge < -0.3 is 95.2 Å². The molecule has 3 rings (SSSR count). The Labute approximate surface area is 582 Å². The zero-order valence-electron chi connectivity index (χ0n) is 55.6. The summed E-state index contributed by atoms with van der Waals surface area (Å²) in [5.41, 5.74) is 12.7. The van der Waals surface area contributed by atoms with Crippen LogP contribution in [0.3, 0.4) is 0 Å². The summed E-state index contributed by atoms with van der Waals surface area (Å²) >= 11 is 6.44. The number of para-hydroxylation sites is 1. The number of hydrogen-bond acceptors (Lipinski definition) is 20. The van der Waals surface area contributed by atoms with Crippen molar-refractivity contribution >= 4 is 118 Å². The Balaban J connectivity index is 0.0000158. The van der Waals surface area contributed by atoms with Gasteiger partial charge >= 0.3 is 22.4 Å². The van der Waals surface area contributed by atoms with Crippen molar-refractivity contribution in [2.45, 2.75) is 147 Å². The monoisotopic (exact) mass is 1480 g/mol.